The highest BCUT2D eigenvalue weighted by atomic mass is 16.2. The highest BCUT2D eigenvalue weighted by Crippen LogP contribution is 2.06. The molecule has 0 bridgehead atoms. The molecule has 0 radical (unpaired) electrons. The van der Waals surface area contributed by atoms with Crippen LogP contribution in [-0.2, 0) is 11.2 Å². The summed E-state index contributed by atoms with van der Waals surface area (Å²) in [6, 6.07) is 7.68. The second kappa shape index (κ2) is 6.86. The fraction of sp³-hybridized carbons (Fsp3) is 0.357. The lowest BCUT2D eigenvalue weighted by Gasteiger charge is -2.11. The number of rotatable bonds is 6. The summed E-state index contributed by atoms with van der Waals surface area (Å²) in [6.07, 6.45) is 3.00. The zero-order valence-electron chi connectivity index (χ0n) is 10.3. The molecule has 1 amide bonds. The fourth-order valence-electron chi connectivity index (χ4n) is 1.63. The maximum Gasteiger partial charge on any atom is 0.237 e. The lowest BCUT2D eigenvalue weighted by Crippen LogP contribution is -2.41. The number of amides is 1. The van der Waals surface area contributed by atoms with Crippen LogP contribution in [0.1, 0.15) is 17.5 Å². The van der Waals surface area contributed by atoms with Crippen LogP contribution in [0, 0.1) is 6.92 Å². The molecule has 0 spiro atoms. The van der Waals surface area contributed by atoms with Crippen LogP contribution in [0.2, 0.25) is 0 Å². The molecule has 0 saturated heterocycles. The third-order valence-electron chi connectivity index (χ3n) is 2.71. The van der Waals surface area contributed by atoms with Gasteiger partial charge in [-0.25, -0.2) is 0 Å². The van der Waals surface area contributed by atoms with Gasteiger partial charge < -0.3 is 11.1 Å². The van der Waals surface area contributed by atoms with E-state index in [2.05, 4.69) is 31.0 Å². The predicted molar refractivity (Wildman–Crippen MR) is 70.7 cm³/mol. The minimum Gasteiger partial charge on any atom is -0.354 e. The monoisotopic (exact) mass is 232 g/mol. The normalized spacial score (nSPS) is 11.9. The highest BCUT2D eigenvalue weighted by Gasteiger charge is 2.10. The summed E-state index contributed by atoms with van der Waals surface area (Å²) >= 11 is 0. The number of nitrogens with two attached hydrogens (primary N) is 1. The number of aryl methyl sites for hydroxylation is 1. The van der Waals surface area contributed by atoms with E-state index in [0.717, 1.165) is 6.42 Å². The zero-order chi connectivity index (χ0) is 12.7. The number of benzene rings is 1. The van der Waals surface area contributed by atoms with Crippen molar-refractivity contribution in [2.45, 2.75) is 25.8 Å². The van der Waals surface area contributed by atoms with Crippen LogP contribution in [0.25, 0.3) is 0 Å². The Labute approximate surface area is 103 Å². The van der Waals surface area contributed by atoms with Gasteiger partial charge in [0.05, 0.1) is 6.04 Å². The molecule has 1 aromatic rings. The van der Waals surface area contributed by atoms with Crippen LogP contribution in [-0.4, -0.2) is 18.5 Å². The number of hydrogen-bond donors (Lipinski definition) is 2. The SMILES string of the molecule is C=CCC(N)C(=O)NCCc1ccccc1C. The Morgan fingerprint density at radius 2 is 2.24 bits per heavy atom. The molecule has 3 N–H and O–H groups in total. The van der Waals surface area contributed by atoms with Gasteiger partial charge in [0.2, 0.25) is 5.91 Å². The molecule has 1 aromatic carbocycles. The summed E-state index contributed by atoms with van der Waals surface area (Å²) < 4.78 is 0. The van der Waals surface area contributed by atoms with Crippen molar-refractivity contribution in [3.63, 3.8) is 0 Å². The first-order valence-corrected chi connectivity index (χ1v) is 5.84. The first-order chi connectivity index (χ1) is 8.15. The Kier molecular flexibility index (Phi) is 5.43. The summed E-state index contributed by atoms with van der Waals surface area (Å²) in [6.45, 7) is 6.25. The third-order valence-corrected chi connectivity index (χ3v) is 2.71. The molecule has 1 rings (SSSR count). The van der Waals surface area contributed by atoms with Gasteiger partial charge in [-0.1, -0.05) is 30.3 Å². The predicted octanol–water partition coefficient (Wildman–Crippen LogP) is 1.56. The maximum atomic E-state index is 11.5. The van der Waals surface area contributed by atoms with E-state index in [9.17, 15) is 4.79 Å². The Morgan fingerprint density at radius 3 is 2.88 bits per heavy atom. The van der Waals surface area contributed by atoms with E-state index < -0.39 is 6.04 Å². The van der Waals surface area contributed by atoms with Crippen molar-refractivity contribution < 1.29 is 4.79 Å². The number of hydrogen-bond acceptors (Lipinski definition) is 2. The van der Waals surface area contributed by atoms with Crippen LogP contribution in [0.5, 0.6) is 0 Å². The minimum absolute atomic E-state index is 0.113. The fourth-order valence-corrected chi connectivity index (χ4v) is 1.63. The van der Waals surface area contributed by atoms with Crippen molar-refractivity contribution >= 4 is 5.91 Å². The molecular formula is C14H20N2O. The van der Waals surface area contributed by atoms with E-state index in [0.29, 0.717) is 13.0 Å². The Balaban J connectivity index is 2.35. The van der Waals surface area contributed by atoms with E-state index in [1.54, 1.807) is 6.08 Å². The van der Waals surface area contributed by atoms with Gasteiger partial charge in [-0.15, -0.1) is 6.58 Å². The quantitative estimate of drug-likeness (QED) is 0.731. The van der Waals surface area contributed by atoms with Gasteiger partial charge in [-0.2, -0.15) is 0 Å². The molecule has 0 aliphatic carbocycles. The van der Waals surface area contributed by atoms with Crippen molar-refractivity contribution in [2.24, 2.45) is 5.73 Å². The summed E-state index contributed by atoms with van der Waals surface area (Å²) in [5.74, 6) is -0.113. The van der Waals surface area contributed by atoms with E-state index in [4.69, 9.17) is 5.73 Å². The van der Waals surface area contributed by atoms with Gasteiger partial charge in [0.1, 0.15) is 0 Å². The van der Waals surface area contributed by atoms with Crippen molar-refractivity contribution in [3.8, 4) is 0 Å². The first kappa shape index (κ1) is 13.5. The van der Waals surface area contributed by atoms with Gasteiger partial charge in [-0.05, 0) is 30.9 Å². The van der Waals surface area contributed by atoms with Gasteiger partial charge in [0.15, 0.2) is 0 Å². The van der Waals surface area contributed by atoms with Crippen LogP contribution in [0.4, 0.5) is 0 Å². The van der Waals surface area contributed by atoms with Gasteiger partial charge >= 0.3 is 0 Å². The number of carbonyl (C=O) groups is 1. The van der Waals surface area contributed by atoms with Crippen LogP contribution < -0.4 is 11.1 Å². The molecular weight excluding hydrogens is 212 g/mol. The molecule has 17 heavy (non-hydrogen) atoms. The second-order valence-electron chi connectivity index (χ2n) is 4.10. The maximum absolute atomic E-state index is 11.5. The highest BCUT2D eigenvalue weighted by molar-refractivity contribution is 5.81. The van der Waals surface area contributed by atoms with Crippen molar-refractivity contribution in [3.05, 3.63) is 48.0 Å². The largest absolute Gasteiger partial charge is 0.354 e. The van der Waals surface area contributed by atoms with E-state index >= 15 is 0 Å². The molecule has 3 nitrogen and oxygen atoms in total. The van der Waals surface area contributed by atoms with Gasteiger partial charge in [0.25, 0.3) is 0 Å². The summed E-state index contributed by atoms with van der Waals surface area (Å²) in [5.41, 5.74) is 8.16. The van der Waals surface area contributed by atoms with Gasteiger partial charge in [-0.3, -0.25) is 4.79 Å². The lowest BCUT2D eigenvalue weighted by atomic mass is 10.1. The van der Waals surface area contributed by atoms with Gasteiger partial charge in [0, 0.05) is 6.54 Å². The molecule has 0 aromatic heterocycles. The number of carbonyl (C=O) groups excluding carboxylic acids is 1. The van der Waals surface area contributed by atoms with Crippen LogP contribution >= 0.6 is 0 Å². The third kappa shape index (κ3) is 4.41. The van der Waals surface area contributed by atoms with Crippen LogP contribution in [0.15, 0.2) is 36.9 Å². The summed E-state index contributed by atoms with van der Waals surface area (Å²) in [7, 11) is 0. The smallest absolute Gasteiger partial charge is 0.237 e. The van der Waals surface area contributed by atoms with E-state index in [1.165, 1.54) is 11.1 Å². The van der Waals surface area contributed by atoms with Crippen molar-refractivity contribution in [1.29, 1.82) is 0 Å². The average Bonchev–Trinajstić information content (AvgIpc) is 2.31. The molecule has 1 unspecified atom stereocenters. The first-order valence-electron chi connectivity index (χ1n) is 5.84. The molecule has 92 valence electrons. The topological polar surface area (TPSA) is 55.1 Å². The Morgan fingerprint density at radius 1 is 1.53 bits per heavy atom. The van der Waals surface area contributed by atoms with E-state index in [-0.39, 0.29) is 5.91 Å². The average molecular weight is 232 g/mol. The lowest BCUT2D eigenvalue weighted by molar-refractivity contribution is -0.122. The standard InChI is InChI=1S/C14H20N2O/c1-3-6-13(15)14(17)16-10-9-12-8-5-4-7-11(12)2/h3-5,7-8,13H,1,6,9-10,15H2,2H3,(H,16,17). The summed E-state index contributed by atoms with van der Waals surface area (Å²) in [5, 5.41) is 2.83. The zero-order valence-corrected chi connectivity index (χ0v) is 10.3. The molecule has 0 saturated carbocycles. The second-order valence-corrected chi connectivity index (χ2v) is 4.10. The molecule has 0 aliphatic heterocycles. The molecule has 0 aliphatic rings. The molecule has 0 heterocycles. The van der Waals surface area contributed by atoms with Crippen molar-refractivity contribution in [1.82, 2.24) is 5.32 Å². The number of nitrogens with one attached hydrogen (secondary N) is 1. The van der Waals surface area contributed by atoms with Crippen molar-refractivity contribution in [2.75, 3.05) is 6.54 Å². The Hall–Kier alpha value is -1.61. The molecule has 1 atom stereocenters. The Bertz CT molecular complexity index is 388. The van der Waals surface area contributed by atoms with Crippen LogP contribution in [0.3, 0.4) is 0 Å². The minimum atomic E-state index is -0.482. The molecule has 3 heteroatoms. The van der Waals surface area contributed by atoms with E-state index in [1.807, 2.05) is 12.1 Å². The summed E-state index contributed by atoms with van der Waals surface area (Å²) in [4.78, 5) is 11.5. The molecule has 0 fully saturated rings.